The molecule has 0 saturated heterocycles. The number of pyridine rings is 1. The number of aryl methyl sites for hydroxylation is 1. The summed E-state index contributed by atoms with van der Waals surface area (Å²) < 4.78 is 7.77. The van der Waals surface area contributed by atoms with Crippen molar-refractivity contribution in [1.82, 2.24) is 4.57 Å². The molecular weight excluding hydrogens is 294 g/mol. The van der Waals surface area contributed by atoms with E-state index in [0.29, 0.717) is 9.58 Å². The van der Waals surface area contributed by atoms with Crippen molar-refractivity contribution in [3.8, 4) is 0 Å². The fourth-order valence-electron chi connectivity index (χ4n) is 1.44. The number of nitrogens with zero attached hydrogens (tertiary/aromatic N) is 1. The highest BCUT2D eigenvalue weighted by Gasteiger charge is 2.14. The van der Waals surface area contributed by atoms with E-state index in [1.807, 2.05) is 0 Å². The smallest absolute Gasteiger partial charge is 0.268 e. The Hall–Kier alpha value is -0.690. The minimum Gasteiger partial charge on any atom is -0.364 e. The third kappa shape index (κ3) is 1.82. The molecule has 16 heavy (non-hydrogen) atoms. The van der Waals surface area contributed by atoms with E-state index in [-0.39, 0.29) is 5.56 Å². The molecule has 0 fully saturated rings. The number of fused-ring (bicyclic) bond motifs is 1. The fourth-order valence-corrected chi connectivity index (χ4v) is 3.31. The zero-order valence-electron chi connectivity index (χ0n) is 8.73. The number of halogens is 1. The van der Waals surface area contributed by atoms with Gasteiger partial charge in [0.1, 0.15) is 4.70 Å². The van der Waals surface area contributed by atoms with Gasteiger partial charge in [-0.3, -0.25) is 4.79 Å². The van der Waals surface area contributed by atoms with E-state index < -0.39 is 6.29 Å². The number of rotatable bonds is 2. The molecule has 86 valence electrons. The van der Waals surface area contributed by atoms with Gasteiger partial charge in [-0.2, -0.15) is 0 Å². The third-order valence-corrected chi connectivity index (χ3v) is 4.08. The molecule has 0 spiro atoms. The number of ether oxygens (including phenoxy) is 1. The van der Waals surface area contributed by atoms with Gasteiger partial charge in [0, 0.05) is 30.2 Å². The van der Waals surface area contributed by atoms with Gasteiger partial charge in [-0.25, -0.2) is 0 Å². The number of thiophene rings is 1. The second kappa shape index (κ2) is 4.29. The van der Waals surface area contributed by atoms with Crippen molar-refractivity contribution in [3.05, 3.63) is 32.0 Å². The van der Waals surface area contributed by atoms with Gasteiger partial charge in [0.15, 0.2) is 6.29 Å². The molecule has 0 amide bonds. The van der Waals surface area contributed by atoms with Crippen molar-refractivity contribution >= 4 is 37.4 Å². The van der Waals surface area contributed by atoms with Crippen LogP contribution >= 0.6 is 27.3 Å². The lowest BCUT2D eigenvalue weighted by Crippen LogP contribution is -2.14. The fraction of sp³-hybridized carbons (Fsp3) is 0.300. The number of hydrogen-bond donors (Lipinski definition) is 1. The van der Waals surface area contributed by atoms with Crippen LogP contribution in [0, 0.1) is 0 Å². The van der Waals surface area contributed by atoms with Gasteiger partial charge < -0.3 is 14.4 Å². The van der Waals surface area contributed by atoms with Crippen LogP contribution in [0.3, 0.4) is 0 Å². The monoisotopic (exact) mass is 303 g/mol. The molecular formula is C10H10BrNO3S. The molecule has 0 radical (unpaired) electrons. The highest BCUT2D eigenvalue weighted by atomic mass is 79.9. The molecule has 2 aromatic rings. The first-order valence-corrected chi connectivity index (χ1v) is 6.15. The van der Waals surface area contributed by atoms with Crippen LogP contribution in [0.5, 0.6) is 0 Å². The second-order valence-electron chi connectivity index (χ2n) is 3.37. The Balaban J connectivity index is 2.75. The molecule has 1 unspecified atom stereocenters. The van der Waals surface area contributed by atoms with Crippen LogP contribution in [0.25, 0.3) is 10.1 Å². The Bertz CT molecular complexity index is 589. The lowest BCUT2D eigenvalue weighted by atomic mass is 10.3. The Morgan fingerprint density at radius 2 is 2.31 bits per heavy atom. The van der Waals surface area contributed by atoms with Crippen molar-refractivity contribution in [2.24, 2.45) is 7.05 Å². The third-order valence-electron chi connectivity index (χ3n) is 2.30. The summed E-state index contributed by atoms with van der Waals surface area (Å²) in [6.45, 7) is 0. The summed E-state index contributed by atoms with van der Waals surface area (Å²) in [5.41, 5.74) is -0.0715. The zero-order chi connectivity index (χ0) is 11.9. The van der Waals surface area contributed by atoms with E-state index in [1.165, 1.54) is 23.0 Å². The topological polar surface area (TPSA) is 51.5 Å². The molecule has 2 rings (SSSR count). The zero-order valence-corrected chi connectivity index (χ0v) is 11.1. The van der Waals surface area contributed by atoms with Gasteiger partial charge >= 0.3 is 0 Å². The normalized spacial score (nSPS) is 13.2. The lowest BCUT2D eigenvalue weighted by molar-refractivity contribution is -0.0742. The Kier molecular flexibility index (Phi) is 3.16. The van der Waals surface area contributed by atoms with Crippen molar-refractivity contribution in [2.45, 2.75) is 6.29 Å². The van der Waals surface area contributed by atoms with E-state index in [2.05, 4.69) is 15.9 Å². The predicted molar refractivity (Wildman–Crippen MR) is 66.7 cm³/mol. The summed E-state index contributed by atoms with van der Waals surface area (Å²) in [4.78, 5) is 12.5. The average Bonchev–Trinajstić information content (AvgIpc) is 2.70. The summed E-state index contributed by atoms with van der Waals surface area (Å²) in [5, 5.41) is 10.4. The number of aliphatic hydroxyl groups is 1. The van der Waals surface area contributed by atoms with Crippen molar-refractivity contribution in [2.75, 3.05) is 7.11 Å². The summed E-state index contributed by atoms with van der Waals surface area (Å²) in [6.07, 6.45) is 0.731. The van der Waals surface area contributed by atoms with Crippen LogP contribution in [-0.2, 0) is 11.8 Å². The van der Waals surface area contributed by atoms with E-state index in [4.69, 9.17) is 4.74 Å². The van der Waals surface area contributed by atoms with Crippen LogP contribution in [0.15, 0.2) is 21.5 Å². The maximum Gasteiger partial charge on any atom is 0.268 e. The number of aromatic nitrogens is 1. The maximum absolute atomic E-state index is 11.8. The van der Waals surface area contributed by atoms with Crippen LogP contribution in [0.1, 0.15) is 11.2 Å². The minimum absolute atomic E-state index is 0.0715. The quantitative estimate of drug-likeness (QED) is 0.863. The first-order valence-electron chi connectivity index (χ1n) is 4.54. The van der Waals surface area contributed by atoms with E-state index >= 15 is 0 Å². The summed E-state index contributed by atoms with van der Waals surface area (Å²) in [6, 6.07) is 1.76. The Morgan fingerprint density at radius 3 is 2.94 bits per heavy atom. The largest absolute Gasteiger partial charge is 0.364 e. The highest BCUT2D eigenvalue weighted by molar-refractivity contribution is 9.10. The molecule has 0 aromatic carbocycles. The van der Waals surface area contributed by atoms with Gasteiger partial charge in [-0.05, 0) is 22.0 Å². The standard InChI is InChI=1S/C10H10BrNO3S/c1-12-4-6(11)5-3-7(10(14)15-2)16-8(5)9(12)13/h3-4,10,14H,1-2H3. The van der Waals surface area contributed by atoms with Gasteiger partial charge in [0.05, 0.1) is 4.88 Å². The molecule has 1 atom stereocenters. The molecule has 4 nitrogen and oxygen atoms in total. The second-order valence-corrected chi connectivity index (χ2v) is 5.31. The Labute approximate surface area is 104 Å². The summed E-state index contributed by atoms with van der Waals surface area (Å²) >= 11 is 4.64. The SMILES string of the molecule is COC(O)c1cc2c(Br)cn(C)c(=O)c2s1. The molecule has 0 bridgehead atoms. The van der Waals surface area contributed by atoms with Gasteiger partial charge in [-0.15, -0.1) is 11.3 Å². The number of aliphatic hydroxyl groups excluding tert-OH is 1. The summed E-state index contributed by atoms with van der Waals surface area (Å²) in [5.74, 6) is 0. The molecule has 0 aliphatic rings. The molecule has 0 aliphatic heterocycles. The number of methoxy groups -OCH3 is 1. The van der Waals surface area contributed by atoms with Crippen LogP contribution in [-0.4, -0.2) is 16.8 Å². The Morgan fingerprint density at radius 1 is 1.62 bits per heavy atom. The van der Waals surface area contributed by atoms with Gasteiger partial charge in [0.2, 0.25) is 0 Å². The molecule has 1 N–H and O–H groups in total. The highest BCUT2D eigenvalue weighted by Crippen LogP contribution is 2.32. The molecule has 0 aliphatic carbocycles. The summed E-state index contributed by atoms with van der Waals surface area (Å²) in [7, 11) is 3.11. The van der Waals surface area contributed by atoms with Crippen LogP contribution in [0.4, 0.5) is 0 Å². The van der Waals surface area contributed by atoms with Gasteiger partial charge in [0.25, 0.3) is 5.56 Å². The average molecular weight is 304 g/mol. The van der Waals surface area contributed by atoms with E-state index in [1.54, 1.807) is 19.3 Å². The van der Waals surface area contributed by atoms with Gasteiger partial charge in [-0.1, -0.05) is 0 Å². The maximum atomic E-state index is 11.8. The van der Waals surface area contributed by atoms with Crippen molar-refractivity contribution in [1.29, 1.82) is 0 Å². The first-order chi connectivity index (χ1) is 7.54. The molecule has 6 heteroatoms. The molecule has 2 heterocycles. The lowest BCUT2D eigenvalue weighted by Gasteiger charge is -2.03. The van der Waals surface area contributed by atoms with Crippen LogP contribution in [0.2, 0.25) is 0 Å². The predicted octanol–water partition coefficient (Wildman–Crippen LogP) is 2.00. The molecule has 2 aromatic heterocycles. The molecule has 0 saturated carbocycles. The number of hydrogen-bond acceptors (Lipinski definition) is 4. The van der Waals surface area contributed by atoms with Crippen molar-refractivity contribution < 1.29 is 9.84 Å². The van der Waals surface area contributed by atoms with E-state index in [0.717, 1.165) is 9.86 Å². The van der Waals surface area contributed by atoms with Crippen molar-refractivity contribution in [3.63, 3.8) is 0 Å². The minimum atomic E-state index is -0.978. The first kappa shape index (κ1) is 11.8. The van der Waals surface area contributed by atoms with E-state index in [9.17, 15) is 9.90 Å². The van der Waals surface area contributed by atoms with Crippen LogP contribution < -0.4 is 5.56 Å².